The molecular formula is C19H20N2O5S. The van der Waals surface area contributed by atoms with Crippen molar-refractivity contribution in [1.82, 2.24) is 4.72 Å². The smallest absolute Gasteiger partial charge is 0.240 e. The SMILES string of the molecule is O=C1CCc2cc(S(=O)(=O)NCCc3ccc4c(c3)OCCO4)ccc2N1. The minimum Gasteiger partial charge on any atom is -0.486 e. The number of nitrogens with one attached hydrogen (secondary N) is 2. The minimum absolute atomic E-state index is 0.0457. The second-order valence-corrected chi connectivity index (χ2v) is 8.26. The second-order valence-electron chi connectivity index (χ2n) is 6.49. The number of hydrogen-bond donors (Lipinski definition) is 2. The van der Waals surface area contributed by atoms with Gasteiger partial charge in [-0.15, -0.1) is 0 Å². The van der Waals surface area contributed by atoms with Crippen molar-refractivity contribution >= 4 is 21.6 Å². The molecule has 2 aliphatic heterocycles. The van der Waals surface area contributed by atoms with Gasteiger partial charge in [-0.3, -0.25) is 4.79 Å². The fourth-order valence-electron chi connectivity index (χ4n) is 3.18. The van der Waals surface area contributed by atoms with Crippen LogP contribution in [0, 0.1) is 0 Å². The van der Waals surface area contributed by atoms with E-state index in [1.54, 1.807) is 12.1 Å². The number of fused-ring (bicyclic) bond motifs is 2. The molecule has 142 valence electrons. The summed E-state index contributed by atoms with van der Waals surface area (Å²) in [5, 5.41) is 2.75. The molecule has 4 rings (SSSR count). The number of benzene rings is 2. The van der Waals surface area contributed by atoms with Gasteiger partial charge < -0.3 is 14.8 Å². The molecule has 0 fully saturated rings. The number of anilines is 1. The highest BCUT2D eigenvalue weighted by Crippen LogP contribution is 2.31. The zero-order valence-electron chi connectivity index (χ0n) is 14.7. The highest BCUT2D eigenvalue weighted by molar-refractivity contribution is 7.89. The molecule has 2 aromatic carbocycles. The van der Waals surface area contributed by atoms with E-state index in [-0.39, 0.29) is 17.3 Å². The third-order valence-corrected chi connectivity index (χ3v) is 6.05. The van der Waals surface area contributed by atoms with Crippen molar-refractivity contribution in [2.45, 2.75) is 24.2 Å². The van der Waals surface area contributed by atoms with Gasteiger partial charge in [0.1, 0.15) is 13.2 Å². The van der Waals surface area contributed by atoms with Crippen LogP contribution >= 0.6 is 0 Å². The van der Waals surface area contributed by atoms with Crippen LogP contribution in [0.5, 0.6) is 11.5 Å². The van der Waals surface area contributed by atoms with Gasteiger partial charge >= 0.3 is 0 Å². The van der Waals surface area contributed by atoms with Crippen LogP contribution in [0.3, 0.4) is 0 Å². The van der Waals surface area contributed by atoms with Gasteiger partial charge in [-0.25, -0.2) is 13.1 Å². The molecule has 2 aromatic rings. The monoisotopic (exact) mass is 388 g/mol. The van der Waals surface area contributed by atoms with E-state index >= 15 is 0 Å². The lowest BCUT2D eigenvalue weighted by Crippen LogP contribution is -2.26. The van der Waals surface area contributed by atoms with E-state index in [1.165, 1.54) is 6.07 Å². The summed E-state index contributed by atoms with van der Waals surface area (Å²) in [6, 6.07) is 10.4. The van der Waals surface area contributed by atoms with Crippen molar-refractivity contribution in [3.63, 3.8) is 0 Å². The maximum atomic E-state index is 12.6. The lowest BCUT2D eigenvalue weighted by molar-refractivity contribution is -0.116. The van der Waals surface area contributed by atoms with Crippen molar-refractivity contribution in [3.05, 3.63) is 47.5 Å². The predicted octanol–water partition coefficient (Wildman–Crippen LogP) is 1.86. The van der Waals surface area contributed by atoms with Gasteiger partial charge in [0.05, 0.1) is 4.90 Å². The number of hydrogen-bond acceptors (Lipinski definition) is 5. The van der Waals surface area contributed by atoms with Gasteiger partial charge in [0, 0.05) is 18.7 Å². The Kier molecular flexibility index (Phi) is 4.75. The van der Waals surface area contributed by atoms with Crippen LogP contribution in [-0.2, 0) is 27.7 Å². The summed E-state index contributed by atoms with van der Waals surface area (Å²) in [7, 11) is -3.61. The normalized spacial score (nSPS) is 15.8. The first kappa shape index (κ1) is 17.8. The summed E-state index contributed by atoms with van der Waals surface area (Å²) >= 11 is 0. The van der Waals surface area contributed by atoms with E-state index in [1.807, 2.05) is 18.2 Å². The number of ether oxygens (including phenoxy) is 2. The van der Waals surface area contributed by atoms with Crippen molar-refractivity contribution in [2.24, 2.45) is 0 Å². The standard InChI is InChI=1S/C19H20N2O5S/c22-19-6-2-14-12-15(3-4-16(14)21-19)27(23,24)20-8-7-13-1-5-17-18(11-13)26-10-9-25-17/h1,3-5,11-12,20H,2,6-10H2,(H,21,22). The van der Waals surface area contributed by atoms with Gasteiger partial charge in [0.15, 0.2) is 11.5 Å². The van der Waals surface area contributed by atoms with Crippen molar-refractivity contribution < 1.29 is 22.7 Å². The lowest BCUT2D eigenvalue weighted by atomic mass is 10.0. The third kappa shape index (κ3) is 3.91. The summed E-state index contributed by atoms with van der Waals surface area (Å²) in [6.45, 7) is 1.33. The summed E-state index contributed by atoms with van der Waals surface area (Å²) in [6.07, 6.45) is 1.45. The van der Waals surface area contributed by atoms with E-state index in [2.05, 4.69) is 10.0 Å². The number of amides is 1. The Morgan fingerprint density at radius 3 is 2.67 bits per heavy atom. The molecule has 27 heavy (non-hydrogen) atoms. The number of rotatable bonds is 5. The fraction of sp³-hybridized carbons (Fsp3) is 0.316. The Bertz CT molecular complexity index is 988. The molecule has 7 nitrogen and oxygen atoms in total. The molecule has 8 heteroatoms. The van der Waals surface area contributed by atoms with Crippen LogP contribution in [0.25, 0.3) is 0 Å². The first-order valence-electron chi connectivity index (χ1n) is 8.82. The molecule has 0 spiro atoms. The largest absolute Gasteiger partial charge is 0.486 e. The molecule has 0 atom stereocenters. The summed E-state index contributed by atoms with van der Waals surface area (Å²) in [5.41, 5.74) is 2.49. The van der Waals surface area contributed by atoms with Gasteiger partial charge in [-0.05, 0) is 54.3 Å². The molecule has 0 saturated heterocycles. The quantitative estimate of drug-likeness (QED) is 0.816. The molecule has 0 unspecified atom stereocenters. The maximum Gasteiger partial charge on any atom is 0.240 e. The van der Waals surface area contributed by atoms with E-state index in [4.69, 9.17) is 9.47 Å². The summed E-state index contributed by atoms with van der Waals surface area (Å²) in [4.78, 5) is 11.6. The molecular weight excluding hydrogens is 368 g/mol. The maximum absolute atomic E-state index is 12.6. The van der Waals surface area contributed by atoms with E-state index in [0.29, 0.717) is 49.7 Å². The van der Waals surface area contributed by atoms with E-state index in [0.717, 1.165) is 11.1 Å². The predicted molar refractivity (Wildman–Crippen MR) is 99.7 cm³/mol. The van der Waals surface area contributed by atoms with Crippen molar-refractivity contribution in [3.8, 4) is 11.5 Å². The average molecular weight is 388 g/mol. The van der Waals surface area contributed by atoms with Crippen LogP contribution in [0.2, 0.25) is 0 Å². The highest BCUT2D eigenvalue weighted by atomic mass is 32.2. The molecule has 2 heterocycles. The highest BCUT2D eigenvalue weighted by Gasteiger charge is 2.20. The Labute approximate surface area is 157 Å². The second kappa shape index (κ2) is 7.21. The van der Waals surface area contributed by atoms with Gasteiger partial charge in [0.25, 0.3) is 0 Å². The Balaban J connectivity index is 1.41. The van der Waals surface area contributed by atoms with Crippen LogP contribution in [0.15, 0.2) is 41.3 Å². The van der Waals surface area contributed by atoms with Crippen LogP contribution in [0.1, 0.15) is 17.5 Å². The Morgan fingerprint density at radius 2 is 1.81 bits per heavy atom. The first-order chi connectivity index (χ1) is 13.0. The van der Waals surface area contributed by atoms with Gasteiger partial charge in [0.2, 0.25) is 15.9 Å². The number of sulfonamides is 1. The van der Waals surface area contributed by atoms with Gasteiger partial charge in [-0.1, -0.05) is 6.07 Å². The Morgan fingerprint density at radius 1 is 1.00 bits per heavy atom. The topological polar surface area (TPSA) is 93.7 Å². The summed E-state index contributed by atoms with van der Waals surface area (Å²) < 4.78 is 38.8. The van der Waals surface area contributed by atoms with Crippen LogP contribution in [0.4, 0.5) is 5.69 Å². The third-order valence-electron chi connectivity index (χ3n) is 4.59. The molecule has 0 radical (unpaired) electrons. The van der Waals surface area contributed by atoms with E-state index in [9.17, 15) is 13.2 Å². The molecule has 2 N–H and O–H groups in total. The first-order valence-corrected chi connectivity index (χ1v) is 10.3. The average Bonchev–Trinajstić information content (AvgIpc) is 2.67. The molecule has 0 aromatic heterocycles. The summed E-state index contributed by atoms with van der Waals surface area (Å²) in [5.74, 6) is 1.36. The Hall–Kier alpha value is -2.58. The van der Waals surface area contributed by atoms with Crippen molar-refractivity contribution in [1.29, 1.82) is 0 Å². The van der Waals surface area contributed by atoms with Crippen molar-refractivity contribution in [2.75, 3.05) is 25.1 Å². The molecule has 0 bridgehead atoms. The molecule has 0 saturated carbocycles. The van der Waals surface area contributed by atoms with Crippen LogP contribution < -0.4 is 19.5 Å². The zero-order valence-corrected chi connectivity index (χ0v) is 15.5. The van der Waals surface area contributed by atoms with Gasteiger partial charge in [-0.2, -0.15) is 0 Å². The molecule has 1 amide bonds. The van der Waals surface area contributed by atoms with E-state index < -0.39 is 10.0 Å². The molecule has 0 aliphatic carbocycles. The lowest BCUT2D eigenvalue weighted by Gasteiger charge is -2.19. The number of carbonyl (C=O) groups excluding carboxylic acids is 1. The fourth-order valence-corrected chi connectivity index (χ4v) is 4.27. The molecule has 2 aliphatic rings. The number of carbonyl (C=O) groups is 1. The minimum atomic E-state index is -3.61. The number of aryl methyl sites for hydroxylation is 1. The zero-order chi connectivity index (χ0) is 18.9. The van der Waals surface area contributed by atoms with Crippen LogP contribution in [-0.4, -0.2) is 34.1 Å².